The Bertz CT molecular complexity index is 854. The summed E-state index contributed by atoms with van der Waals surface area (Å²) in [5, 5.41) is 4.90. The van der Waals surface area contributed by atoms with E-state index in [2.05, 4.69) is 15.1 Å². The van der Waals surface area contributed by atoms with Gasteiger partial charge in [-0.15, -0.1) is 5.06 Å². The minimum Gasteiger partial charge on any atom is -0.451 e. The molecular weight excluding hydrogens is 352 g/mol. The predicted molar refractivity (Wildman–Crippen MR) is 99.1 cm³/mol. The Morgan fingerprint density at radius 3 is 2.44 bits per heavy atom. The summed E-state index contributed by atoms with van der Waals surface area (Å²) >= 11 is 0. The second-order valence-electron chi connectivity index (χ2n) is 5.43. The number of aromatic nitrogens is 2. The van der Waals surface area contributed by atoms with Crippen LogP contribution >= 0.6 is 0 Å². The molecule has 0 aliphatic heterocycles. The van der Waals surface area contributed by atoms with Gasteiger partial charge in [0.05, 0.1) is 19.9 Å². The monoisotopic (exact) mass is 374 g/mol. The van der Waals surface area contributed by atoms with Gasteiger partial charge in [-0.25, -0.2) is 9.78 Å². The van der Waals surface area contributed by atoms with Crippen LogP contribution in [0.4, 0.5) is 10.5 Å². The molecule has 144 valence electrons. The Kier molecular flexibility index (Phi) is 6.67. The zero-order chi connectivity index (χ0) is 20.0. The Morgan fingerprint density at radius 1 is 1.11 bits per heavy atom. The maximum atomic E-state index is 12.0. The summed E-state index contributed by atoms with van der Waals surface area (Å²) in [5.74, 6) is 1.19. The lowest BCUT2D eigenvalue weighted by Gasteiger charge is -2.21. The highest BCUT2D eigenvalue weighted by Gasteiger charge is 2.22. The number of nitrogens with zero attached hydrogens (tertiary/aromatic N) is 4. The molecule has 0 unspecified atom stereocenters. The third kappa shape index (κ3) is 4.50. The van der Waals surface area contributed by atoms with Gasteiger partial charge in [-0.05, 0) is 32.9 Å². The van der Waals surface area contributed by atoms with Crippen LogP contribution in [0.15, 0.2) is 29.4 Å². The van der Waals surface area contributed by atoms with Gasteiger partial charge in [0.1, 0.15) is 24.3 Å². The van der Waals surface area contributed by atoms with E-state index in [1.807, 2.05) is 6.92 Å². The molecular formula is C18H22N4O5. The first-order chi connectivity index (χ1) is 12.9. The summed E-state index contributed by atoms with van der Waals surface area (Å²) < 4.78 is 10.7. The lowest BCUT2D eigenvalue weighted by atomic mass is 10.2. The van der Waals surface area contributed by atoms with Crippen LogP contribution in [-0.2, 0) is 14.4 Å². The van der Waals surface area contributed by atoms with E-state index >= 15 is 0 Å². The molecule has 1 aromatic heterocycles. The van der Waals surface area contributed by atoms with Crippen LogP contribution in [0, 0.1) is 13.8 Å². The number of hydrogen-bond donors (Lipinski definition) is 0. The summed E-state index contributed by atoms with van der Waals surface area (Å²) in [6.07, 6.45) is -0.687. The fraction of sp³-hybridized carbons (Fsp3) is 0.333. The van der Waals surface area contributed by atoms with Gasteiger partial charge in [0, 0.05) is 5.56 Å². The molecule has 0 saturated carbocycles. The van der Waals surface area contributed by atoms with Crippen LogP contribution in [0.5, 0.6) is 11.6 Å². The number of benzene rings is 1. The van der Waals surface area contributed by atoms with Crippen LogP contribution < -0.4 is 9.80 Å². The van der Waals surface area contributed by atoms with Gasteiger partial charge in [0.25, 0.3) is 0 Å². The third-order valence-corrected chi connectivity index (χ3v) is 3.60. The lowest BCUT2D eigenvalue weighted by molar-refractivity contribution is 0.115. The fourth-order valence-electron chi connectivity index (χ4n) is 2.40. The van der Waals surface area contributed by atoms with Crippen molar-refractivity contribution in [3.63, 3.8) is 0 Å². The molecule has 1 aromatic carbocycles. The van der Waals surface area contributed by atoms with Gasteiger partial charge >= 0.3 is 6.09 Å². The van der Waals surface area contributed by atoms with Gasteiger partial charge in [0.2, 0.25) is 5.88 Å². The molecule has 0 N–H and O–H groups in total. The van der Waals surface area contributed by atoms with Crippen molar-refractivity contribution in [2.45, 2.75) is 20.8 Å². The Morgan fingerprint density at radius 2 is 1.81 bits per heavy atom. The molecule has 27 heavy (non-hydrogen) atoms. The normalized spacial score (nSPS) is 11.1. The van der Waals surface area contributed by atoms with E-state index < -0.39 is 6.09 Å². The number of carbonyl (C=O) groups is 1. The number of hydroxylamine groups is 1. The number of anilines is 1. The molecule has 0 aliphatic carbocycles. The van der Waals surface area contributed by atoms with Gasteiger partial charge < -0.3 is 14.3 Å². The molecule has 1 heterocycles. The van der Waals surface area contributed by atoms with E-state index in [9.17, 15) is 4.79 Å². The minimum absolute atomic E-state index is 0.330. The van der Waals surface area contributed by atoms with Crippen LogP contribution in [0.1, 0.15) is 24.0 Å². The van der Waals surface area contributed by atoms with Crippen molar-refractivity contribution in [1.82, 2.24) is 9.97 Å². The van der Waals surface area contributed by atoms with E-state index in [0.717, 1.165) is 5.06 Å². The molecule has 0 spiro atoms. The van der Waals surface area contributed by atoms with Crippen molar-refractivity contribution in [1.29, 1.82) is 0 Å². The first-order valence-corrected chi connectivity index (χ1v) is 8.05. The fourth-order valence-corrected chi connectivity index (χ4v) is 2.40. The first kappa shape index (κ1) is 20.1. The summed E-state index contributed by atoms with van der Waals surface area (Å²) in [7, 11) is 4.09. The van der Waals surface area contributed by atoms with Gasteiger partial charge in [-0.1, -0.05) is 17.3 Å². The molecule has 0 fully saturated rings. The predicted octanol–water partition coefficient (Wildman–Crippen LogP) is 3.39. The highest BCUT2D eigenvalue weighted by Crippen LogP contribution is 2.33. The molecule has 2 rings (SSSR count). The Labute approximate surface area is 157 Å². The van der Waals surface area contributed by atoms with E-state index in [0.29, 0.717) is 40.1 Å². The molecule has 2 aromatic rings. The smallest absolute Gasteiger partial charge is 0.438 e. The number of oxime groups is 1. The lowest BCUT2D eigenvalue weighted by Crippen LogP contribution is -2.29. The summed E-state index contributed by atoms with van der Waals surface area (Å²) in [6.45, 7) is 5.34. The number of ether oxygens (including phenoxy) is 2. The quantitative estimate of drug-likeness (QED) is 0.565. The summed E-state index contributed by atoms with van der Waals surface area (Å²) in [4.78, 5) is 30.7. The Hall–Kier alpha value is -3.20. The highest BCUT2D eigenvalue weighted by atomic mass is 16.7. The number of carbonyl (C=O) groups excluding carboxylic acids is 1. The zero-order valence-corrected chi connectivity index (χ0v) is 16.1. The van der Waals surface area contributed by atoms with Gasteiger partial charge in [-0.3, -0.25) is 4.84 Å². The van der Waals surface area contributed by atoms with Crippen LogP contribution in [0.3, 0.4) is 0 Å². The average Bonchev–Trinajstić information content (AvgIpc) is 2.66. The molecule has 9 heteroatoms. The maximum absolute atomic E-state index is 12.0. The number of amides is 1. The number of para-hydroxylation sites is 2. The largest absolute Gasteiger partial charge is 0.451 e. The van der Waals surface area contributed by atoms with Crippen molar-refractivity contribution in [2.24, 2.45) is 5.16 Å². The van der Waals surface area contributed by atoms with E-state index in [4.69, 9.17) is 19.1 Å². The SMILES string of the molecule is CO/N=C(/C)c1nc(C)nc(Oc2ccccc2N(OC)C(=O)OC)c1C. The minimum atomic E-state index is -0.687. The zero-order valence-electron chi connectivity index (χ0n) is 16.1. The topological polar surface area (TPSA) is 95.4 Å². The van der Waals surface area contributed by atoms with Crippen molar-refractivity contribution < 1.29 is 23.9 Å². The van der Waals surface area contributed by atoms with Gasteiger partial charge in [-0.2, -0.15) is 4.98 Å². The number of hydrogen-bond acceptors (Lipinski definition) is 8. The van der Waals surface area contributed by atoms with E-state index in [1.165, 1.54) is 21.3 Å². The van der Waals surface area contributed by atoms with Crippen LogP contribution in [0.25, 0.3) is 0 Å². The molecule has 0 radical (unpaired) electrons. The van der Waals surface area contributed by atoms with Crippen LogP contribution in [0.2, 0.25) is 0 Å². The molecule has 0 saturated heterocycles. The molecule has 0 atom stereocenters. The summed E-state index contributed by atoms with van der Waals surface area (Å²) in [6, 6.07) is 6.87. The van der Waals surface area contributed by atoms with Crippen molar-refractivity contribution in [3.8, 4) is 11.6 Å². The standard InChI is InChI=1S/C18H22N4O5/c1-11-16(12(2)21-25-5)19-13(3)20-17(11)27-15-10-8-7-9-14(15)22(26-6)18(23)24-4/h7-10H,1-6H3/b21-12-. The van der Waals surface area contributed by atoms with Crippen LogP contribution in [-0.4, -0.2) is 43.1 Å². The molecule has 0 bridgehead atoms. The van der Waals surface area contributed by atoms with Crippen molar-refractivity contribution in [2.75, 3.05) is 26.4 Å². The third-order valence-electron chi connectivity index (χ3n) is 3.60. The first-order valence-electron chi connectivity index (χ1n) is 8.05. The summed E-state index contributed by atoms with van der Waals surface area (Å²) in [5.41, 5.74) is 2.24. The second-order valence-corrected chi connectivity index (χ2v) is 5.43. The van der Waals surface area contributed by atoms with Gasteiger partial charge in [0.15, 0.2) is 5.75 Å². The second kappa shape index (κ2) is 8.95. The average molecular weight is 374 g/mol. The Balaban J connectivity index is 2.50. The molecule has 1 amide bonds. The van der Waals surface area contributed by atoms with E-state index in [-0.39, 0.29) is 0 Å². The number of aryl methyl sites for hydroxylation is 1. The highest BCUT2D eigenvalue weighted by molar-refractivity contribution is 5.98. The number of rotatable bonds is 6. The van der Waals surface area contributed by atoms with E-state index in [1.54, 1.807) is 38.1 Å². The van der Waals surface area contributed by atoms with Crippen molar-refractivity contribution in [3.05, 3.63) is 41.3 Å². The molecule has 9 nitrogen and oxygen atoms in total. The number of methoxy groups -OCH3 is 1. The molecule has 0 aliphatic rings. The maximum Gasteiger partial charge on any atom is 0.438 e. The van der Waals surface area contributed by atoms with Crippen molar-refractivity contribution >= 4 is 17.5 Å².